The topological polar surface area (TPSA) is 48.3 Å². The maximum atomic E-state index is 11.0. The molecule has 12 heavy (non-hydrogen) atoms. The van der Waals surface area contributed by atoms with E-state index in [9.17, 15) is 9.59 Å². The number of nitrogens with zero attached hydrogens (tertiary/aromatic N) is 1. The average Bonchev–Trinajstić information content (AvgIpc) is 2.51. The Bertz CT molecular complexity index is 277. The van der Waals surface area contributed by atoms with Gasteiger partial charge in [0.05, 0.1) is 0 Å². The minimum Gasteiger partial charge on any atom is -0.441 e. The zero-order valence-electron chi connectivity index (χ0n) is 6.69. The molecule has 4 nitrogen and oxygen atoms in total. The van der Waals surface area contributed by atoms with Crippen molar-refractivity contribution in [1.29, 1.82) is 0 Å². The molecule has 0 bridgehead atoms. The van der Waals surface area contributed by atoms with E-state index >= 15 is 0 Å². The molecular weight excluding hydrogens is 158 g/mol. The molecule has 0 saturated heterocycles. The average molecular weight is 167 g/mol. The minimum atomic E-state index is -0.532. The number of ketones is 1. The number of carbonyl (C=O) groups excluding carboxylic acids is 2. The normalized spacial score (nSPS) is 9.42. The van der Waals surface area contributed by atoms with Crippen molar-refractivity contribution >= 4 is 11.9 Å². The summed E-state index contributed by atoms with van der Waals surface area (Å²) in [6, 6.07) is 3.41. The van der Waals surface area contributed by atoms with Gasteiger partial charge in [-0.2, -0.15) is 0 Å². The van der Waals surface area contributed by atoms with Crippen molar-refractivity contribution in [3.05, 3.63) is 24.5 Å². The van der Waals surface area contributed by atoms with Gasteiger partial charge >= 0.3 is 6.09 Å². The Kier molecular flexibility index (Phi) is 2.63. The summed E-state index contributed by atoms with van der Waals surface area (Å²) in [4.78, 5) is 21.4. The molecule has 0 amide bonds. The van der Waals surface area contributed by atoms with Crippen LogP contribution in [0, 0.1) is 0 Å². The zero-order valence-corrected chi connectivity index (χ0v) is 6.69. The summed E-state index contributed by atoms with van der Waals surface area (Å²) in [6.45, 7) is 1.19. The summed E-state index contributed by atoms with van der Waals surface area (Å²) in [5.74, 6) is -0.171. The molecule has 0 aliphatic heterocycles. The molecule has 0 atom stereocenters. The van der Waals surface area contributed by atoms with E-state index in [-0.39, 0.29) is 12.4 Å². The van der Waals surface area contributed by atoms with Crippen molar-refractivity contribution in [3.63, 3.8) is 0 Å². The molecule has 1 heterocycles. The lowest BCUT2D eigenvalue weighted by atomic mass is 10.5. The fraction of sp³-hybridized carbons (Fsp3) is 0.250. The molecular formula is C8H9NO3. The number of rotatable bonds is 2. The van der Waals surface area contributed by atoms with Crippen LogP contribution in [-0.2, 0) is 9.53 Å². The first-order valence-electron chi connectivity index (χ1n) is 3.49. The van der Waals surface area contributed by atoms with Gasteiger partial charge in [-0.1, -0.05) is 0 Å². The Morgan fingerprint density at radius 3 is 2.42 bits per heavy atom. The summed E-state index contributed by atoms with van der Waals surface area (Å²) >= 11 is 0. The van der Waals surface area contributed by atoms with Crippen molar-refractivity contribution in [3.8, 4) is 0 Å². The third-order valence-electron chi connectivity index (χ3n) is 1.21. The Labute approximate surface area is 69.7 Å². The van der Waals surface area contributed by atoms with E-state index in [0.717, 1.165) is 0 Å². The van der Waals surface area contributed by atoms with Crippen LogP contribution in [0.3, 0.4) is 0 Å². The Morgan fingerprint density at radius 2 is 1.92 bits per heavy atom. The van der Waals surface area contributed by atoms with E-state index < -0.39 is 6.09 Å². The van der Waals surface area contributed by atoms with E-state index in [1.54, 1.807) is 24.5 Å². The van der Waals surface area contributed by atoms with E-state index in [1.165, 1.54) is 11.5 Å². The molecule has 1 aromatic rings. The van der Waals surface area contributed by atoms with Gasteiger partial charge in [-0.15, -0.1) is 0 Å². The van der Waals surface area contributed by atoms with Crippen molar-refractivity contribution in [1.82, 2.24) is 4.57 Å². The van der Waals surface area contributed by atoms with Gasteiger partial charge < -0.3 is 4.74 Å². The highest BCUT2D eigenvalue weighted by molar-refractivity contribution is 5.80. The quantitative estimate of drug-likeness (QED) is 0.661. The third-order valence-corrected chi connectivity index (χ3v) is 1.21. The van der Waals surface area contributed by atoms with Crippen LogP contribution in [0.2, 0.25) is 0 Å². The number of hydrogen-bond acceptors (Lipinski definition) is 3. The van der Waals surface area contributed by atoms with Crippen molar-refractivity contribution in [2.45, 2.75) is 6.92 Å². The van der Waals surface area contributed by atoms with E-state index in [4.69, 9.17) is 0 Å². The Hall–Kier alpha value is -1.58. The summed E-state index contributed by atoms with van der Waals surface area (Å²) < 4.78 is 5.89. The van der Waals surface area contributed by atoms with Crippen LogP contribution < -0.4 is 0 Å². The monoisotopic (exact) mass is 167 g/mol. The molecule has 1 rings (SSSR count). The lowest BCUT2D eigenvalue weighted by molar-refractivity contribution is -0.119. The maximum absolute atomic E-state index is 11.0. The first-order chi connectivity index (χ1) is 5.70. The summed E-state index contributed by atoms with van der Waals surface area (Å²) in [5.41, 5.74) is 0. The summed E-state index contributed by atoms with van der Waals surface area (Å²) in [5, 5.41) is 0. The minimum absolute atomic E-state index is 0.170. The first-order valence-corrected chi connectivity index (χ1v) is 3.49. The molecule has 0 radical (unpaired) electrons. The molecule has 1 aromatic heterocycles. The Morgan fingerprint density at radius 1 is 1.33 bits per heavy atom. The molecule has 64 valence electrons. The van der Waals surface area contributed by atoms with Gasteiger partial charge in [0.1, 0.15) is 0 Å². The van der Waals surface area contributed by atoms with Crippen LogP contribution in [0.5, 0.6) is 0 Å². The highest BCUT2D eigenvalue weighted by Crippen LogP contribution is 1.92. The molecule has 0 spiro atoms. The number of Topliss-reactive ketones (excluding diaryl/α,β-unsaturated/α-hetero) is 1. The van der Waals surface area contributed by atoms with Gasteiger partial charge in [-0.25, -0.2) is 4.79 Å². The Balaban J connectivity index is 2.45. The van der Waals surface area contributed by atoms with Crippen LogP contribution in [-0.4, -0.2) is 23.1 Å². The zero-order chi connectivity index (χ0) is 8.97. The first kappa shape index (κ1) is 8.52. The fourth-order valence-corrected chi connectivity index (χ4v) is 0.694. The predicted octanol–water partition coefficient (Wildman–Crippen LogP) is 1.06. The SMILES string of the molecule is CC(=O)COC(=O)n1cccc1. The number of carbonyl (C=O) groups is 2. The summed E-state index contributed by atoms with van der Waals surface area (Å²) in [7, 11) is 0. The second-order valence-corrected chi connectivity index (χ2v) is 2.35. The molecule has 0 saturated carbocycles. The lowest BCUT2D eigenvalue weighted by Crippen LogP contribution is -2.15. The lowest BCUT2D eigenvalue weighted by Gasteiger charge is -2.01. The largest absolute Gasteiger partial charge is 0.441 e. The van der Waals surface area contributed by atoms with Crippen LogP contribution in [0.4, 0.5) is 4.79 Å². The van der Waals surface area contributed by atoms with Gasteiger partial charge in [0.25, 0.3) is 0 Å². The number of ether oxygens (including phenoxy) is 1. The van der Waals surface area contributed by atoms with E-state index in [0.29, 0.717) is 0 Å². The van der Waals surface area contributed by atoms with Gasteiger partial charge in [-0.3, -0.25) is 9.36 Å². The van der Waals surface area contributed by atoms with E-state index in [1.807, 2.05) is 0 Å². The van der Waals surface area contributed by atoms with Crippen molar-refractivity contribution < 1.29 is 14.3 Å². The van der Waals surface area contributed by atoms with Crippen LogP contribution in [0.1, 0.15) is 6.92 Å². The fourth-order valence-electron chi connectivity index (χ4n) is 0.694. The summed E-state index contributed by atoms with van der Waals surface area (Å²) in [6.07, 6.45) is 2.58. The highest BCUT2D eigenvalue weighted by atomic mass is 16.6. The molecule has 0 fully saturated rings. The third kappa shape index (κ3) is 2.23. The smallest absolute Gasteiger partial charge is 0.418 e. The molecule has 4 heteroatoms. The van der Waals surface area contributed by atoms with Gasteiger partial charge in [-0.05, 0) is 19.1 Å². The molecule has 0 N–H and O–H groups in total. The second-order valence-electron chi connectivity index (χ2n) is 2.35. The number of hydrogen-bond donors (Lipinski definition) is 0. The highest BCUT2D eigenvalue weighted by Gasteiger charge is 2.04. The predicted molar refractivity (Wildman–Crippen MR) is 41.9 cm³/mol. The second kappa shape index (κ2) is 3.71. The maximum Gasteiger partial charge on any atom is 0.418 e. The standard InChI is InChI=1S/C8H9NO3/c1-7(10)6-12-8(11)9-4-2-3-5-9/h2-5H,6H2,1H3. The van der Waals surface area contributed by atoms with Gasteiger partial charge in [0.15, 0.2) is 12.4 Å². The van der Waals surface area contributed by atoms with E-state index in [2.05, 4.69) is 4.74 Å². The molecule has 0 aliphatic carbocycles. The van der Waals surface area contributed by atoms with Gasteiger partial charge in [0.2, 0.25) is 0 Å². The molecule has 0 aliphatic rings. The van der Waals surface area contributed by atoms with Gasteiger partial charge in [0, 0.05) is 12.4 Å². The number of aromatic nitrogens is 1. The van der Waals surface area contributed by atoms with Crippen LogP contribution in [0.25, 0.3) is 0 Å². The molecule has 0 aromatic carbocycles. The van der Waals surface area contributed by atoms with Crippen LogP contribution in [0.15, 0.2) is 24.5 Å². The van der Waals surface area contributed by atoms with Crippen molar-refractivity contribution in [2.24, 2.45) is 0 Å². The van der Waals surface area contributed by atoms with Crippen LogP contribution >= 0.6 is 0 Å². The molecule has 0 unspecified atom stereocenters. The van der Waals surface area contributed by atoms with Crippen molar-refractivity contribution in [2.75, 3.05) is 6.61 Å².